The van der Waals surface area contributed by atoms with Crippen molar-refractivity contribution in [1.82, 2.24) is 9.29 Å². The standard InChI is InChI=1S/C23H20FN3O5S/c1-14-11-17(15(2)27(14)19-9-5-4-8-18(19)24)20(28)13-32-22(29)12-25-23-16-7-3-6-10-21(16)33(30,31)26-23/h3-11H,12-13H2,1-2H3,(H,25,26). The van der Waals surface area contributed by atoms with Crippen LogP contribution >= 0.6 is 0 Å². The number of ether oxygens (including phenoxy) is 1. The number of nitrogens with zero attached hydrogens (tertiary/aromatic N) is 2. The molecule has 2 aromatic carbocycles. The number of aliphatic imine (C=N–C) groups is 1. The lowest BCUT2D eigenvalue weighted by Crippen LogP contribution is -2.24. The van der Waals surface area contributed by atoms with Crippen molar-refractivity contribution in [2.45, 2.75) is 18.7 Å². The van der Waals surface area contributed by atoms with Crippen LogP contribution in [0, 0.1) is 19.7 Å². The number of rotatable bonds is 6. The van der Waals surface area contributed by atoms with Gasteiger partial charge in [-0.2, -0.15) is 0 Å². The predicted molar refractivity (Wildman–Crippen MR) is 119 cm³/mol. The molecule has 0 saturated carbocycles. The van der Waals surface area contributed by atoms with Crippen molar-refractivity contribution in [2.75, 3.05) is 13.2 Å². The van der Waals surface area contributed by atoms with Gasteiger partial charge in [-0.25, -0.2) is 12.8 Å². The minimum absolute atomic E-state index is 0.0438. The van der Waals surface area contributed by atoms with Crippen LogP contribution in [0.4, 0.5) is 4.39 Å². The van der Waals surface area contributed by atoms with E-state index in [-0.39, 0.29) is 10.7 Å². The summed E-state index contributed by atoms with van der Waals surface area (Å²) in [5.74, 6) is -1.61. The zero-order valence-corrected chi connectivity index (χ0v) is 18.6. The highest BCUT2D eigenvalue weighted by atomic mass is 32.2. The smallest absolute Gasteiger partial charge is 0.328 e. The Bertz CT molecular complexity index is 1410. The van der Waals surface area contributed by atoms with Crippen molar-refractivity contribution in [1.29, 1.82) is 0 Å². The summed E-state index contributed by atoms with van der Waals surface area (Å²) in [6.07, 6.45) is 0. The molecule has 33 heavy (non-hydrogen) atoms. The van der Waals surface area contributed by atoms with Crippen molar-refractivity contribution in [3.05, 3.63) is 82.9 Å². The molecule has 0 bridgehead atoms. The minimum atomic E-state index is -3.71. The molecule has 0 spiro atoms. The number of esters is 1. The zero-order valence-electron chi connectivity index (χ0n) is 17.8. The number of sulfonamides is 1. The first-order valence-electron chi connectivity index (χ1n) is 9.98. The number of carbonyl (C=O) groups excluding carboxylic acids is 2. The van der Waals surface area contributed by atoms with E-state index in [0.717, 1.165) is 0 Å². The Labute approximate surface area is 189 Å². The van der Waals surface area contributed by atoms with Crippen LogP contribution in [0.5, 0.6) is 0 Å². The lowest BCUT2D eigenvalue weighted by molar-refractivity contribution is -0.140. The number of carbonyl (C=O) groups is 2. The van der Waals surface area contributed by atoms with Gasteiger partial charge in [0.05, 0.1) is 10.6 Å². The molecule has 0 unspecified atom stereocenters. The van der Waals surface area contributed by atoms with Crippen molar-refractivity contribution in [2.24, 2.45) is 4.99 Å². The van der Waals surface area contributed by atoms with Gasteiger partial charge in [0.15, 0.2) is 6.61 Å². The second kappa shape index (κ2) is 8.62. The third-order valence-corrected chi connectivity index (χ3v) is 6.62. The van der Waals surface area contributed by atoms with Crippen LogP contribution in [0.2, 0.25) is 0 Å². The van der Waals surface area contributed by atoms with E-state index in [1.165, 1.54) is 12.1 Å². The van der Waals surface area contributed by atoms with E-state index < -0.39 is 40.7 Å². The van der Waals surface area contributed by atoms with E-state index in [2.05, 4.69) is 9.71 Å². The van der Waals surface area contributed by atoms with Crippen molar-refractivity contribution >= 4 is 27.6 Å². The van der Waals surface area contributed by atoms with Gasteiger partial charge in [0.2, 0.25) is 5.78 Å². The topological polar surface area (TPSA) is 107 Å². The largest absolute Gasteiger partial charge is 0.456 e. The molecule has 3 aromatic rings. The molecule has 0 amide bonds. The first-order chi connectivity index (χ1) is 15.7. The number of fused-ring (bicyclic) bond motifs is 1. The average Bonchev–Trinajstić information content (AvgIpc) is 3.23. The minimum Gasteiger partial charge on any atom is -0.456 e. The Kier molecular flexibility index (Phi) is 5.86. The van der Waals surface area contributed by atoms with Crippen LogP contribution in [0.25, 0.3) is 5.69 Å². The van der Waals surface area contributed by atoms with Gasteiger partial charge in [-0.1, -0.05) is 24.3 Å². The van der Waals surface area contributed by atoms with Crippen LogP contribution < -0.4 is 4.72 Å². The number of hydrogen-bond donors (Lipinski definition) is 1. The normalized spacial score (nSPS) is 15.2. The fourth-order valence-electron chi connectivity index (χ4n) is 3.71. The van der Waals surface area contributed by atoms with Crippen LogP contribution in [0.1, 0.15) is 27.3 Å². The maximum absolute atomic E-state index is 14.2. The molecule has 2 heterocycles. The fraction of sp³-hybridized carbons (Fsp3) is 0.174. The summed E-state index contributed by atoms with van der Waals surface area (Å²) in [4.78, 5) is 28.8. The average molecular weight is 469 g/mol. The summed E-state index contributed by atoms with van der Waals surface area (Å²) in [6, 6.07) is 14.1. The molecule has 8 nitrogen and oxygen atoms in total. The molecule has 1 N–H and O–H groups in total. The van der Waals surface area contributed by atoms with Crippen molar-refractivity contribution in [3.63, 3.8) is 0 Å². The summed E-state index contributed by atoms with van der Waals surface area (Å²) in [5, 5.41) is 0. The summed E-state index contributed by atoms with van der Waals surface area (Å²) in [7, 11) is -3.71. The van der Waals surface area contributed by atoms with E-state index in [9.17, 15) is 22.4 Å². The Morgan fingerprint density at radius 3 is 2.55 bits per heavy atom. The second-order valence-corrected chi connectivity index (χ2v) is 9.07. The number of hydrogen-bond acceptors (Lipinski definition) is 6. The predicted octanol–water partition coefficient (Wildman–Crippen LogP) is 2.70. The number of nitrogens with one attached hydrogen (secondary N) is 1. The van der Waals surface area contributed by atoms with Crippen LogP contribution in [-0.4, -0.2) is 43.7 Å². The SMILES string of the molecule is Cc1cc(C(=O)COC(=O)CN=C2NS(=O)(=O)c3ccccc32)c(C)n1-c1ccccc1F. The molecule has 1 aromatic heterocycles. The number of Topliss-reactive ketones (excluding diaryl/α,β-unsaturated/α-hetero) is 1. The summed E-state index contributed by atoms with van der Waals surface area (Å²) in [6.45, 7) is 2.45. The fourth-order valence-corrected chi connectivity index (χ4v) is 4.96. The summed E-state index contributed by atoms with van der Waals surface area (Å²) < 4.78 is 47.3. The third kappa shape index (κ3) is 4.29. The quantitative estimate of drug-likeness (QED) is 0.441. The van der Waals surface area contributed by atoms with Crippen LogP contribution in [0.3, 0.4) is 0 Å². The van der Waals surface area contributed by atoms with Crippen molar-refractivity contribution in [3.8, 4) is 5.69 Å². The van der Waals surface area contributed by atoms with Crippen molar-refractivity contribution < 1.29 is 27.1 Å². The van der Waals surface area contributed by atoms with E-state index in [4.69, 9.17) is 4.74 Å². The lowest BCUT2D eigenvalue weighted by Gasteiger charge is -2.10. The van der Waals surface area contributed by atoms with Gasteiger partial charge in [0.25, 0.3) is 10.0 Å². The number of aryl methyl sites for hydroxylation is 1. The monoisotopic (exact) mass is 469 g/mol. The molecular weight excluding hydrogens is 449 g/mol. The molecule has 1 aliphatic rings. The molecule has 0 aliphatic carbocycles. The van der Waals surface area contributed by atoms with E-state index in [1.54, 1.807) is 60.9 Å². The maximum atomic E-state index is 14.2. The Morgan fingerprint density at radius 2 is 1.79 bits per heavy atom. The number of ketones is 1. The van der Waals surface area contributed by atoms with Gasteiger partial charge < -0.3 is 9.30 Å². The highest BCUT2D eigenvalue weighted by Gasteiger charge is 2.30. The number of halogens is 1. The summed E-state index contributed by atoms with van der Waals surface area (Å²) >= 11 is 0. The number of para-hydroxylation sites is 1. The number of benzene rings is 2. The molecule has 0 atom stereocenters. The molecule has 10 heteroatoms. The Balaban J connectivity index is 1.43. The lowest BCUT2D eigenvalue weighted by atomic mass is 10.1. The second-order valence-electron chi connectivity index (χ2n) is 7.42. The van der Waals surface area contributed by atoms with Gasteiger partial charge in [-0.15, -0.1) is 0 Å². The van der Waals surface area contributed by atoms with Gasteiger partial charge in [-0.3, -0.25) is 19.3 Å². The third-order valence-electron chi connectivity index (χ3n) is 5.22. The van der Waals surface area contributed by atoms with Crippen LogP contribution in [0.15, 0.2) is 64.5 Å². The maximum Gasteiger partial charge on any atom is 0.328 e. The van der Waals surface area contributed by atoms with Gasteiger partial charge >= 0.3 is 5.97 Å². The molecule has 0 radical (unpaired) electrons. The van der Waals surface area contributed by atoms with E-state index >= 15 is 0 Å². The van der Waals surface area contributed by atoms with Gasteiger partial charge in [0.1, 0.15) is 18.2 Å². The highest BCUT2D eigenvalue weighted by molar-refractivity contribution is 7.90. The number of aromatic nitrogens is 1. The van der Waals surface area contributed by atoms with Gasteiger partial charge in [0, 0.05) is 22.5 Å². The van der Waals surface area contributed by atoms with Gasteiger partial charge in [-0.05, 0) is 44.2 Å². The molecule has 170 valence electrons. The highest BCUT2D eigenvalue weighted by Crippen LogP contribution is 2.24. The first kappa shape index (κ1) is 22.4. The first-order valence-corrected chi connectivity index (χ1v) is 11.5. The number of amidine groups is 1. The zero-order chi connectivity index (χ0) is 23.8. The molecular formula is C23H20FN3O5S. The molecule has 4 rings (SSSR count). The Morgan fingerprint density at radius 1 is 1.09 bits per heavy atom. The molecule has 1 aliphatic heterocycles. The van der Waals surface area contributed by atoms with Crippen LogP contribution in [-0.2, 0) is 19.6 Å². The Hall–Kier alpha value is -3.79. The van der Waals surface area contributed by atoms with E-state index in [1.807, 2.05) is 0 Å². The summed E-state index contributed by atoms with van der Waals surface area (Å²) in [5.41, 5.74) is 2.18. The molecule has 0 saturated heterocycles. The molecule has 0 fully saturated rings. The van der Waals surface area contributed by atoms with E-state index in [0.29, 0.717) is 28.2 Å².